The average molecular weight is 603 g/mol. The van der Waals surface area contributed by atoms with Crippen LogP contribution in [-0.2, 0) is 13.5 Å². The number of aromatic carboxylic acids is 1. The van der Waals surface area contributed by atoms with Gasteiger partial charge in [0.1, 0.15) is 11.2 Å². The molecule has 5 heterocycles. The second-order valence-electron chi connectivity index (χ2n) is 11.9. The minimum Gasteiger partial charge on any atom is -0.477 e. The fourth-order valence-corrected chi connectivity index (χ4v) is 7.42. The van der Waals surface area contributed by atoms with E-state index in [1.54, 1.807) is 32.6 Å². The number of pyridine rings is 3. The maximum Gasteiger partial charge on any atom is 0.341 e. The van der Waals surface area contributed by atoms with Gasteiger partial charge in [-0.05, 0) is 36.9 Å². The van der Waals surface area contributed by atoms with Crippen molar-refractivity contribution < 1.29 is 23.8 Å². The number of nitrogens with one attached hydrogen (secondary N) is 1. The van der Waals surface area contributed by atoms with Gasteiger partial charge >= 0.3 is 5.97 Å². The predicted molar refractivity (Wildman–Crippen MR) is 162 cm³/mol. The minimum atomic E-state index is -1.33. The van der Waals surface area contributed by atoms with Crippen LogP contribution in [0, 0.1) is 17.6 Å². The number of carboxylic acids is 1. The SMILES string of the molecule is CNc1cc(F)c(F)c2c1Cc1ncc(-c3cnc4c(c3)c(=O)c(C(=O)O)cn4C)c(N3CC4[C@H](CCN4CCCO)C3)c1-2. The van der Waals surface area contributed by atoms with Crippen LogP contribution >= 0.6 is 0 Å². The van der Waals surface area contributed by atoms with Gasteiger partial charge < -0.3 is 25.0 Å². The molecule has 1 unspecified atom stereocenters. The molecular weight excluding hydrogens is 570 g/mol. The Bertz CT molecular complexity index is 1910. The summed E-state index contributed by atoms with van der Waals surface area (Å²) in [5.74, 6) is -2.86. The molecule has 2 saturated heterocycles. The molecule has 2 atom stereocenters. The van der Waals surface area contributed by atoms with E-state index in [9.17, 15) is 24.2 Å². The highest BCUT2D eigenvalue weighted by atomic mass is 19.2. The smallest absolute Gasteiger partial charge is 0.341 e. The topological polar surface area (TPSA) is 124 Å². The van der Waals surface area contributed by atoms with Crippen molar-refractivity contribution in [3.8, 4) is 22.3 Å². The zero-order chi connectivity index (χ0) is 30.9. The van der Waals surface area contributed by atoms with Gasteiger partial charge in [0.2, 0.25) is 5.43 Å². The number of anilines is 2. The third kappa shape index (κ3) is 4.27. The van der Waals surface area contributed by atoms with E-state index < -0.39 is 23.0 Å². The van der Waals surface area contributed by atoms with E-state index in [-0.39, 0.29) is 29.2 Å². The van der Waals surface area contributed by atoms with Crippen LogP contribution in [0.2, 0.25) is 0 Å². The lowest BCUT2D eigenvalue weighted by Crippen LogP contribution is -2.36. The zero-order valence-electron chi connectivity index (χ0n) is 24.4. The van der Waals surface area contributed by atoms with Crippen molar-refractivity contribution >= 4 is 28.4 Å². The molecule has 3 aromatic heterocycles. The molecule has 2 fully saturated rings. The molecule has 0 bridgehead atoms. The summed E-state index contributed by atoms with van der Waals surface area (Å²) in [6, 6.07) is 3.03. The summed E-state index contributed by atoms with van der Waals surface area (Å²) in [6.07, 6.45) is 6.55. The fourth-order valence-electron chi connectivity index (χ4n) is 7.42. The quantitative estimate of drug-likeness (QED) is 0.257. The summed E-state index contributed by atoms with van der Waals surface area (Å²) in [7, 11) is 3.30. The van der Waals surface area contributed by atoms with Crippen LogP contribution in [-0.4, -0.2) is 81.5 Å². The summed E-state index contributed by atoms with van der Waals surface area (Å²) in [5.41, 5.74) is 3.60. The molecule has 44 heavy (non-hydrogen) atoms. The van der Waals surface area contributed by atoms with Crippen molar-refractivity contribution in [1.29, 1.82) is 0 Å². The first-order valence-electron chi connectivity index (χ1n) is 14.8. The molecule has 2 aliphatic heterocycles. The Morgan fingerprint density at radius 1 is 1.16 bits per heavy atom. The van der Waals surface area contributed by atoms with Gasteiger partial charge in [0, 0.05) is 105 Å². The first-order valence-corrected chi connectivity index (χ1v) is 14.8. The molecule has 228 valence electrons. The number of aromatic nitrogens is 3. The second-order valence-corrected chi connectivity index (χ2v) is 11.9. The Morgan fingerprint density at radius 3 is 2.73 bits per heavy atom. The lowest BCUT2D eigenvalue weighted by atomic mass is 9.97. The molecular formula is C32H32F2N6O4. The second kappa shape index (κ2) is 10.6. The number of fused-ring (bicyclic) bond motifs is 5. The summed E-state index contributed by atoms with van der Waals surface area (Å²) in [4.78, 5) is 38.9. The van der Waals surface area contributed by atoms with Crippen LogP contribution in [0.1, 0.15) is 34.5 Å². The van der Waals surface area contributed by atoms with Gasteiger partial charge in [-0.25, -0.2) is 18.6 Å². The van der Waals surface area contributed by atoms with Crippen molar-refractivity contribution in [3.63, 3.8) is 0 Å². The van der Waals surface area contributed by atoms with E-state index in [1.165, 1.54) is 16.8 Å². The molecule has 12 heteroatoms. The minimum absolute atomic E-state index is 0.118. The van der Waals surface area contributed by atoms with Gasteiger partial charge in [-0.2, -0.15) is 0 Å². The molecule has 3 aliphatic rings. The van der Waals surface area contributed by atoms with Crippen LogP contribution < -0.4 is 15.6 Å². The van der Waals surface area contributed by atoms with Crippen molar-refractivity contribution in [2.45, 2.75) is 25.3 Å². The molecule has 10 nitrogen and oxygen atoms in total. The largest absolute Gasteiger partial charge is 0.477 e. The lowest BCUT2D eigenvalue weighted by Gasteiger charge is -2.28. The van der Waals surface area contributed by atoms with E-state index in [0.29, 0.717) is 76.8 Å². The normalized spacial score (nSPS) is 19.0. The van der Waals surface area contributed by atoms with E-state index in [0.717, 1.165) is 19.5 Å². The van der Waals surface area contributed by atoms with Gasteiger partial charge in [-0.15, -0.1) is 0 Å². The Morgan fingerprint density at radius 2 is 1.98 bits per heavy atom. The monoisotopic (exact) mass is 602 g/mol. The molecule has 0 saturated carbocycles. The Hall–Kier alpha value is -4.42. The number of aliphatic hydroxyl groups is 1. The number of carboxylic acid groups (broad SMARTS) is 1. The summed E-state index contributed by atoms with van der Waals surface area (Å²) >= 11 is 0. The molecule has 0 spiro atoms. The van der Waals surface area contributed by atoms with E-state index in [1.807, 2.05) is 0 Å². The number of benzene rings is 1. The Balaban J connectivity index is 1.45. The van der Waals surface area contributed by atoms with Crippen LogP contribution in [0.25, 0.3) is 33.3 Å². The molecule has 1 aliphatic carbocycles. The molecule has 3 N–H and O–H groups in total. The first kappa shape index (κ1) is 28.4. The number of halogens is 2. The van der Waals surface area contributed by atoms with E-state index in [2.05, 4.69) is 20.1 Å². The molecule has 0 radical (unpaired) electrons. The number of nitrogens with zero attached hydrogens (tertiary/aromatic N) is 5. The number of rotatable bonds is 7. The summed E-state index contributed by atoms with van der Waals surface area (Å²) in [5, 5.41) is 22.2. The first-order chi connectivity index (χ1) is 21.2. The number of hydrogen-bond donors (Lipinski definition) is 3. The van der Waals surface area contributed by atoms with E-state index >= 15 is 4.39 Å². The number of aryl methyl sites for hydroxylation is 1. The number of hydrogen-bond acceptors (Lipinski definition) is 8. The van der Waals surface area contributed by atoms with Gasteiger partial charge in [0.25, 0.3) is 0 Å². The predicted octanol–water partition coefficient (Wildman–Crippen LogP) is 3.48. The summed E-state index contributed by atoms with van der Waals surface area (Å²) in [6.45, 7) is 3.19. The molecule has 4 aromatic rings. The van der Waals surface area contributed by atoms with Crippen LogP contribution in [0.5, 0.6) is 0 Å². The lowest BCUT2D eigenvalue weighted by molar-refractivity contribution is 0.0695. The maximum absolute atomic E-state index is 15.8. The number of likely N-dealkylation sites (tertiary alicyclic amines) is 1. The highest BCUT2D eigenvalue weighted by Gasteiger charge is 2.43. The van der Waals surface area contributed by atoms with E-state index in [4.69, 9.17) is 4.98 Å². The molecule has 1 aromatic carbocycles. The maximum atomic E-state index is 15.8. The summed E-state index contributed by atoms with van der Waals surface area (Å²) < 4.78 is 32.3. The fraction of sp³-hybridized carbons (Fsp3) is 0.375. The van der Waals surface area contributed by atoms with Crippen molar-refractivity contribution in [2.24, 2.45) is 13.0 Å². The van der Waals surface area contributed by atoms with Gasteiger partial charge in [0.05, 0.1) is 16.8 Å². The standard InChI is InChI=1S/C32H32F2N6O4/c1-35-23-10-22(33)28(34)26-18(23)9-24-27(26)29(40-13-16-4-6-39(5-3-7-41)25(16)15-40)20(12-36-24)17-8-19-30(42)21(32(43)44)14-38(2)31(19)37-11-17/h8,10-12,14,16,25,35,41H,3-7,9,13,15H2,1-2H3,(H,43,44)/t16-,25?/m1/s1. The zero-order valence-corrected chi connectivity index (χ0v) is 24.4. The molecule has 7 rings (SSSR count). The highest BCUT2D eigenvalue weighted by Crippen LogP contribution is 2.51. The van der Waals surface area contributed by atoms with Gasteiger partial charge in [-0.3, -0.25) is 14.7 Å². The number of carbonyl (C=O) groups is 1. The van der Waals surface area contributed by atoms with Crippen molar-refractivity contribution in [2.75, 3.05) is 50.1 Å². The van der Waals surface area contributed by atoms with Crippen LogP contribution in [0.4, 0.5) is 20.2 Å². The third-order valence-corrected chi connectivity index (χ3v) is 9.46. The van der Waals surface area contributed by atoms with Crippen molar-refractivity contribution in [1.82, 2.24) is 19.4 Å². The van der Waals surface area contributed by atoms with Crippen molar-refractivity contribution in [3.05, 3.63) is 69.4 Å². The van der Waals surface area contributed by atoms with Gasteiger partial charge in [0.15, 0.2) is 11.6 Å². The number of aliphatic hydroxyl groups excluding tert-OH is 1. The highest BCUT2D eigenvalue weighted by molar-refractivity contribution is 5.98. The average Bonchev–Trinajstić information content (AvgIpc) is 3.72. The Labute approximate surface area is 251 Å². The molecule has 0 amide bonds. The van der Waals surface area contributed by atoms with Gasteiger partial charge in [-0.1, -0.05) is 0 Å². The Kier molecular flexibility index (Phi) is 6.85. The van der Waals surface area contributed by atoms with Crippen LogP contribution in [0.3, 0.4) is 0 Å². The third-order valence-electron chi connectivity index (χ3n) is 9.46. The van der Waals surface area contributed by atoms with Crippen LogP contribution in [0.15, 0.2) is 35.5 Å².